The minimum atomic E-state index is -0.0898. The Balaban J connectivity index is 1.42. The van der Waals surface area contributed by atoms with Crippen LogP contribution in [-0.4, -0.2) is 25.4 Å². The van der Waals surface area contributed by atoms with Gasteiger partial charge in [-0.15, -0.1) is 0 Å². The van der Waals surface area contributed by atoms with Crippen LogP contribution in [0.2, 0.25) is 0 Å². The van der Waals surface area contributed by atoms with Crippen LogP contribution in [0.25, 0.3) is 22.3 Å². The Morgan fingerprint density at radius 3 is 2.65 bits per heavy atom. The molecule has 1 amide bonds. The summed E-state index contributed by atoms with van der Waals surface area (Å²) in [4.78, 5) is 25.1. The Kier molecular flexibility index (Phi) is 4.38. The molecule has 0 atom stereocenters. The molecule has 0 fully saturated rings. The zero-order valence-electron chi connectivity index (χ0n) is 14.0. The molecule has 0 spiro atoms. The molecule has 4 aromatic rings. The average Bonchev–Trinajstić information content (AvgIpc) is 3.10. The lowest BCUT2D eigenvalue weighted by Crippen LogP contribution is -2.27. The van der Waals surface area contributed by atoms with Gasteiger partial charge in [-0.05, 0) is 18.2 Å². The second-order valence-corrected chi connectivity index (χ2v) is 5.90. The van der Waals surface area contributed by atoms with Crippen molar-refractivity contribution in [2.45, 2.75) is 13.1 Å². The van der Waals surface area contributed by atoms with E-state index in [1.165, 1.54) is 6.33 Å². The molecule has 2 aromatic heterocycles. The van der Waals surface area contributed by atoms with Crippen molar-refractivity contribution in [1.82, 2.24) is 24.8 Å². The lowest BCUT2D eigenvalue weighted by atomic mass is 10.1. The Bertz CT molecular complexity index is 1040. The van der Waals surface area contributed by atoms with Crippen molar-refractivity contribution in [3.63, 3.8) is 0 Å². The Labute approximate surface area is 150 Å². The van der Waals surface area contributed by atoms with E-state index >= 15 is 0 Å². The van der Waals surface area contributed by atoms with E-state index in [1.54, 1.807) is 6.33 Å². The molecule has 6 nitrogen and oxygen atoms in total. The largest absolute Gasteiger partial charge is 0.349 e. The third-order valence-electron chi connectivity index (χ3n) is 4.10. The molecule has 0 aliphatic heterocycles. The van der Waals surface area contributed by atoms with Crippen LogP contribution in [0.15, 0.2) is 73.3 Å². The molecule has 0 saturated carbocycles. The number of para-hydroxylation sites is 2. The monoisotopic (exact) mass is 343 g/mol. The van der Waals surface area contributed by atoms with Gasteiger partial charge in [-0.1, -0.05) is 42.5 Å². The fraction of sp³-hybridized carbons (Fsp3) is 0.100. The minimum absolute atomic E-state index is 0.0898. The molecular formula is C20H17N5O. The maximum absolute atomic E-state index is 12.3. The fourth-order valence-corrected chi connectivity index (χ4v) is 2.80. The highest BCUT2D eigenvalue weighted by Crippen LogP contribution is 2.16. The number of hydrogen-bond donors (Lipinski definition) is 1. The summed E-state index contributed by atoms with van der Waals surface area (Å²) < 4.78 is 1.83. The Morgan fingerprint density at radius 1 is 0.962 bits per heavy atom. The normalized spacial score (nSPS) is 10.8. The van der Waals surface area contributed by atoms with E-state index in [-0.39, 0.29) is 12.5 Å². The number of imidazole rings is 1. The Morgan fingerprint density at radius 2 is 1.77 bits per heavy atom. The average molecular weight is 343 g/mol. The highest BCUT2D eigenvalue weighted by Gasteiger charge is 2.08. The van der Waals surface area contributed by atoms with E-state index in [9.17, 15) is 4.79 Å². The highest BCUT2D eigenvalue weighted by atomic mass is 16.1. The van der Waals surface area contributed by atoms with Gasteiger partial charge in [0.15, 0.2) is 0 Å². The summed E-state index contributed by atoms with van der Waals surface area (Å²) in [5.41, 5.74) is 4.44. The summed E-state index contributed by atoms with van der Waals surface area (Å²) in [7, 11) is 0. The molecule has 0 aliphatic rings. The second kappa shape index (κ2) is 7.14. The van der Waals surface area contributed by atoms with Gasteiger partial charge in [-0.3, -0.25) is 4.79 Å². The molecule has 4 rings (SSSR count). The van der Waals surface area contributed by atoms with Gasteiger partial charge in [-0.2, -0.15) is 0 Å². The Hall–Kier alpha value is -3.54. The molecule has 0 unspecified atom stereocenters. The van der Waals surface area contributed by atoms with Crippen molar-refractivity contribution in [1.29, 1.82) is 0 Å². The standard InChI is InChI=1S/C20H17N5O/c26-20(12-25-14-24-17-8-4-5-9-19(17)25)21-11-16-10-18(23-13-22-16)15-6-2-1-3-7-15/h1-10,13-14H,11-12H2,(H,21,26). The molecule has 2 aromatic carbocycles. The van der Waals surface area contributed by atoms with Gasteiger partial charge >= 0.3 is 0 Å². The molecule has 128 valence electrons. The lowest BCUT2D eigenvalue weighted by molar-refractivity contribution is -0.121. The molecule has 2 heterocycles. The SMILES string of the molecule is O=C(Cn1cnc2ccccc21)NCc1cc(-c2ccccc2)ncn1. The lowest BCUT2D eigenvalue weighted by Gasteiger charge is -2.07. The van der Waals surface area contributed by atoms with Crippen LogP contribution >= 0.6 is 0 Å². The van der Waals surface area contributed by atoms with Crippen LogP contribution in [0.4, 0.5) is 0 Å². The van der Waals surface area contributed by atoms with Crippen molar-refractivity contribution in [2.75, 3.05) is 0 Å². The van der Waals surface area contributed by atoms with Crippen LogP contribution in [0.1, 0.15) is 5.69 Å². The predicted molar refractivity (Wildman–Crippen MR) is 99.0 cm³/mol. The molecule has 0 bridgehead atoms. The van der Waals surface area contributed by atoms with E-state index in [4.69, 9.17) is 0 Å². The first-order chi connectivity index (χ1) is 12.8. The number of fused-ring (bicyclic) bond motifs is 1. The van der Waals surface area contributed by atoms with E-state index in [0.29, 0.717) is 6.54 Å². The van der Waals surface area contributed by atoms with Gasteiger partial charge in [0.05, 0.1) is 35.3 Å². The summed E-state index contributed by atoms with van der Waals surface area (Å²) in [5.74, 6) is -0.0898. The number of nitrogens with one attached hydrogen (secondary N) is 1. The molecule has 6 heteroatoms. The van der Waals surface area contributed by atoms with Gasteiger partial charge in [0, 0.05) is 5.56 Å². The number of benzene rings is 2. The number of amides is 1. The molecule has 0 saturated heterocycles. The van der Waals surface area contributed by atoms with Gasteiger partial charge in [0.1, 0.15) is 12.9 Å². The third-order valence-corrected chi connectivity index (χ3v) is 4.10. The highest BCUT2D eigenvalue weighted by molar-refractivity contribution is 5.80. The molecule has 1 N–H and O–H groups in total. The molecule has 0 aliphatic carbocycles. The zero-order valence-corrected chi connectivity index (χ0v) is 14.0. The van der Waals surface area contributed by atoms with Crippen molar-refractivity contribution in [3.8, 4) is 11.3 Å². The summed E-state index contributed by atoms with van der Waals surface area (Å²) in [6, 6.07) is 19.5. The van der Waals surface area contributed by atoms with Gasteiger partial charge in [0.2, 0.25) is 5.91 Å². The van der Waals surface area contributed by atoms with Gasteiger partial charge < -0.3 is 9.88 Å². The molecule has 0 radical (unpaired) electrons. The predicted octanol–water partition coefficient (Wildman–Crippen LogP) is 2.81. The number of nitrogens with zero attached hydrogens (tertiary/aromatic N) is 4. The second-order valence-electron chi connectivity index (χ2n) is 5.90. The third kappa shape index (κ3) is 3.44. The van der Waals surface area contributed by atoms with Crippen LogP contribution in [0, 0.1) is 0 Å². The number of carbonyl (C=O) groups excluding carboxylic acids is 1. The summed E-state index contributed by atoms with van der Waals surface area (Å²) in [6.45, 7) is 0.574. The van der Waals surface area contributed by atoms with Crippen LogP contribution < -0.4 is 5.32 Å². The molecule has 26 heavy (non-hydrogen) atoms. The van der Waals surface area contributed by atoms with E-state index in [1.807, 2.05) is 65.2 Å². The van der Waals surface area contributed by atoms with E-state index < -0.39 is 0 Å². The maximum Gasteiger partial charge on any atom is 0.240 e. The van der Waals surface area contributed by atoms with Crippen molar-refractivity contribution in [2.24, 2.45) is 0 Å². The minimum Gasteiger partial charge on any atom is -0.349 e. The van der Waals surface area contributed by atoms with E-state index in [0.717, 1.165) is 28.0 Å². The first-order valence-corrected chi connectivity index (χ1v) is 8.32. The number of rotatable bonds is 5. The van der Waals surface area contributed by atoms with E-state index in [2.05, 4.69) is 20.3 Å². The van der Waals surface area contributed by atoms with Crippen molar-refractivity contribution < 1.29 is 4.79 Å². The molecular weight excluding hydrogens is 326 g/mol. The van der Waals surface area contributed by atoms with Crippen LogP contribution in [-0.2, 0) is 17.9 Å². The summed E-state index contributed by atoms with van der Waals surface area (Å²) >= 11 is 0. The number of aromatic nitrogens is 4. The fourth-order valence-electron chi connectivity index (χ4n) is 2.80. The van der Waals surface area contributed by atoms with Crippen LogP contribution in [0.5, 0.6) is 0 Å². The first-order valence-electron chi connectivity index (χ1n) is 8.32. The van der Waals surface area contributed by atoms with Gasteiger partial charge in [-0.25, -0.2) is 15.0 Å². The van der Waals surface area contributed by atoms with Crippen molar-refractivity contribution in [3.05, 3.63) is 79.0 Å². The van der Waals surface area contributed by atoms with Gasteiger partial charge in [0.25, 0.3) is 0 Å². The van der Waals surface area contributed by atoms with Crippen molar-refractivity contribution >= 4 is 16.9 Å². The van der Waals surface area contributed by atoms with Crippen LogP contribution in [0.3, 0.4) is 0 Å². The topological polar surface area (TPSA) is 72.7 Å². The smallest absolute Gasteiger partial charge is 0.240 e. The number of carbonyl (C=O) groups is 1. The zero-order chi connectivity index (χ0) is 17.8. The number of hydrogen-bond acceptors (Lipinski definition) is 4. The first kappa shape index (κ1) is 16.0. The summed E-state index contributed by atoms with van der Waals surface area (Å²) in [6.07, 6.45) is 3.20. The maximum atomic E-state index is 12.3. The summed E-state index contributed by atoms with van der Waals surface area (Å²) in [5, 5.41) is 2.90. The quantitative estimate of drug-likeness (QED) is 0.605.